The quantitative estimate of drug-likeness (QED) is 0.819. The van der Waals surface area contributed by atoms with Gasteiger partial charge in [0, 0.05) is 23.0 Å². The number of rotatable bonds is 2. The fourth-order valence-corrected chi connectivity index (χ4v) is 1.70. The van der Waals surface area contributed by atoms with Gasteiger partial charge in [-0.1, -0.05) is 25.4 Å². The minimum Gasteiger partial charge on any atom is -0.283 e. The van der Waals surface area contributed by atoms with Crippen LogP contribution in [0.2, 0.25) is 5.02 Å². The molecule has 88 valence electrons. The van der Waals surface area contributed by atoms with Crippen molar-refractivity contribution in [1.82, 2.24) is 9.55 Å². The molecule has 0 atom stereocenters. The van der Waals surface area contributed by atoms with Crippen LogP contribution in [0.4, 0.5) is 0 Å². The molecule has 0 bridgehead atoms. The Morgan fingerprint density at radius 2 is 2.06 bits per heavy atom. The molecular weight excluding hydrogens is 236 g/mol. The summed E-state index contributed by atoms with van der Waals surface area (Å²) in [6, 6.07) is 6.88. The van der Waals surface area contributed by atoms with Crippen LogP contribution < -0.4 is 5.56 Å². The summed E-state index contributed by atoms with van der Waals surface area (Å²) in [5.41, 5.74) is 1.60. The Morgan fingerprint density at radius 1 is 1.29 bits per heavy atom. The van der Waals surface area contributed by atoms with Crippen LogP contribution in [0.5, 0.6) is 0 Å². The van der Waals surface area contributed by atoms with Gasteiger partial charge in [0.25, 0.3) is 5.56 Å². The molecule has 0 aliphatic heterocycles. The van der Waals surface area contributed by atoms with Crippen LogP contribution in [0.3, 0.4) is 0 Å². The van der Waals surface area contributed by atoms with Gasteiger partial charge in [0.15, 0.2) is 0 Å². The molecule has 2 aromatic rings. The van der Waals surface area contributed by atoms with Gasteiger partial charge in [-0.3, -0.25) is 14.3 Å². The third kappa shape index (κ3) is 2.56. The second kappa shape index (κ2) is 4.72. The van der Waals surface area contributed by atoms with Crippen LogP contribution in [0.1, 0.15) is 25.5 Å². The first-order chi connectivity index (χ1) is 8.08. The first-order valence-corrected chi connectivity index (χ1v) is 5.80. The van der Waals surface area contributed by atoms with Crippen molar-refractivity contribution in [2.45, 2.75) is 19.8 Å². The average molecular weight is 249 g/mol. The average Bonchev–Trinajstić information content (AvgIpc) is 2.29. The third-order valence-corrected chi connectivity index (χ3v) is 2.76. The minimum absolute atomic E-state index is 0.156. The summed E-state index contributed by atoms with van der Waals surface area (Å²) in [7, 11) is 0. The van der Waals surface area contributed by atoms with E-state index in [1.165, 1.54) is 10.6 Å². The van der Waals surface area contributed by atoms with Gasteiger partial charge in [-0.15, -0.1) is 0 Å². The van der Waals surface area contributed by atoms with Crippen molar-refractivity contribution in [1.29, 1.82) is 0 Å². The first-order valence-electron chi connectivity index (χ1n) is 5.42. The molecule has 3 nitrogen and oxygen atoms in total. The van der Waals surface area contributed by atoms with Crippen LogP contribution in [-0.4, -0.2) is 9.55 Å². The summed E-state index contributed by atoms with van der Waals surface area (Å²) in [5.74, 6) is 0.381. The zero-order valence-electron chi connectivity index (χ0n) is 9.72. The summed E-state index contributed by atoms with van der Waals surface area (Å²) in [6.45, 7) is 4.16. The van der Waals surface area contributed by atoms with E-state index in [4.69, 9.17) is 11.6 Å². The van der Waals surface area contributed by atoms with E-state index in [9.17, 15) is 4.79 Å². The highest BCUT2D eigenvalue weighted by molar-refractivity contribution is 6.30. The van der Waals surface area contributed by atoms with Crippen molar-refractivity contribution >= 4 is 11.6 Å². The van der Waals surface area contributed by atoms with Crippen LogP contribution in [-0.2, 0) is 0 Å². The zero-order valence-corrected chi connectivity index (χ0v) is 10.5. The molecule has 0 aliphatic rings. The number of halogens is 1. The Morgan fingerprint density at radius 3 is 2.59 bits per heavy atom. The third-order valence-electron chi connectivity index (χ3n) is 2.52. The van der Waals surface area contributed by atoms with E-state index in [0.717, 1.165) is 11.4 Å². The largest absolute Gasteiger partial charge is 0.283 e. The molecule has 0 fully saturated rings. The molecule has 4 heteroatoms. The molecule has 0 amide bonds. The zero-order chi connectivity index (χ0) is 12.4. The van der Waals surface area contributed by atoms with E-state index < -0.39 is 0 Å². The molecule has 0 saturated carbocycles. The van der Waals surface area contributed by atoms with Crippen LogP contribution >= 0.6 is 11.6 Å². The second-order valence-corrected chi connectivity index (χ2v) is 4.59. The Hall–Kier alpha value is -1.61. The highest BCUT2D eigenvalue weighted by atomic mass is 35.5. The van der Waals surface area contributed by atoms with E-state index in [1.54, 1.807) is 18.5 Å². The lowest BCUT2D eigenvalue weighted by molar-refractivity contribution is 0.818. The summed E-state index contributed by atoms with van der Waals surface area (Å²) in [5, 5.41) is 0.443. The van der Waals surface area contributed by atoms with Gasteiger partial charge in [-0.2, -0.15) is 0 Å². The monoisotopic (exact) mass is 248 g/mol. The topological polar surface area (TPSA) is 34.9 Å². The summed E-state index contributed by atoms with van der Waals surface area (Å²) >= 11 is 5.74. The smallest absolute Gasteiger partial charge is 0.256 e. The Kier molecular flexibility index (Phi) is 3.29. The normalized spacial score (nSPS) is 10.8. The van der Waals surface area contributed by atoms with Crippen molar-refractivity contribution in [3.63, 3.8) is 0 Å². The number of aromatic nitrogens is 2. The lowest BCUT2D eigenvalue weighted by atomic mass is 10.1. The summed E-state index contributed by atoms with van der Waals surface area (Å²) in [4.78, 5) is 16.0. The van der Waals surface area contributed by atoms with E-state index in [-0.39, 0.29) is 5.56 Å². The van der Waals surface area contributed by atoms with E-state index in [1.807, 2.05) is 12.1 Å². The molecule has 2 rings (SSSR count). The number of hydrogen-bond donors (Lipinski definition) is 0. The van der Waals surface area contributed by atoms with Crippen LogP contribution in [0.25, 0.3) is 5.69 Å². The van der Waals surface area contributed by atoms with Gasteiger partial charge >= 0.3 is 0 Å². The standard InChI is InChI=1S/C13H13ClN2O/c1-9(2)12-4-3-11(8-15-12)16-6-5-10(14)7-13(16)17/h3-9H,1-2H3. The van der Waals surface area contributed by atoms with Crippen molar-refractivity contribution in [2.75, 3.05) is 0 Å². The Bertz CT molecular complexity index is 573. The van der Waals surface area contributed by atoms with Crippen molar-refractivity contribution < 1.29 is 0 Å². The molecule has 0 unspecified atom stereocenters. The van der Waals surface area contributed by atoms with Gasteiger partial charge in [-0.25, -0.2) is 0 Å². The van der Waals surface area contributed by atoms with E-state index in [0.29, 0.717) is 10.9 Å². The fourth-order valence-electron chi connectivity index (χ4n) is 1.55. The van der Waals surface area contributed by atoms with E-state index in [2.05, 4.69) is 18.8 Å². The highest BCUT2D eigenvalue weighted by Crippen LogP contribution is 2.13. The molecule has 0 N–H and O–H groups in total. The number of nitrogens with zero attached hydrogens (tertiary/aromatic N) is 2. The summed E-state index contributed by atoms with van der Waals surface area (Å²) < 4.78 is 1.52. The summed E-state index contributed by atoms with van der Waals surface area (Å²) in [6.07, 6.45) is 3.35. The maximum atomic E-state index is 11.7. The molecule has 0 radical (unpaired) electrons. The lowest BCUT2D eigenvalue weighted by Gasteiger charge is -2.07. The van der Waals surface area contributed by atoms with E-state index >= 15 is 0 Å². The molecule has 0 spiro atoms. The molecule has 2 aromatic heterocycles. The maximum Gasteiger partial charge on any atom is 0.256 e. The van der Waals surface area contributed by atoms with Crippen LogP contribution in [0, 0.1) is 0 Å². The predicted octanol–water partition coefficient (Wildman–Crippen LogP) is 3.01. The lowest BCUT2D eigenvalue weighted by Crippen LogP contribution is -2.16. The SMILES string of the molecule is CC(C)c1ccc(-n2ccc(Cl)cc2=O)cn1. The van der Waals surface area contributed by atoms with Gasteiger partial charge in [0.05, 0.1) is 11.9 Å². The van der Waals surface area contributed by atoms with Crippen molar-refractivity contribution in [3.8, 4) is 5.69 Å². The van der Waals surface area contributed by atoms with Crippen molar-refractivity contribution in [2.24, 2.45) is 0 Å². The highest BCUT2D eigenvalue weighted by Gasteiger charge is 2.03. The van der Waals surface area contributed by atoms with Gasteiger partial charge in [0.2, 0.25) is 0 Å². The van der Waals surface area contributed by atoms with Crippen LogP contribution in [0.15, 0.2) is 41.5 Å². The molecule has 2 heterocycles. The van der Waals surface area contributed by atoms with Gasteiger partial charge < -0.3 is 0 Å². The second-order valence-electron chi connectivity index (χ2n) is 4.15. The number of hydrogen-bond acceptors (Lipinski definition) is 2. The molecule has 0 aromatic carbocycles. The molecule has 17 heavy (non-hydrogen) atoms. The first kappa shape index (κ1) is 11.9. The Labute approximate surface area is 105 Å². The van der Waals surface area contributed by atoms with Crippen molar-refractivity contribution in [3.05, 3.63) is 57.7 Å². The Balaban J connectivity index is 2.43. The predicted molar refractivity (Wildman–Crippen MR) is 68.9 cm³/mol. The van der Waals surface area contributed by atoms with Gasteiger partial charge in [-0.05, 0) is 24.1 Å². The molecular formula is C13H13ClN2O. The fraction of sp³-hybridized carbons (Fsp3) is 0.231. The minimum atomic E-state index is -0.156. The number of pyridine rings is 2. The molecule has 0 saturated heterocycles. The van der Waals surface area contributed by atoms with Gasteiger partial charge in [0.1, 0.15) is 0 Å². The molecule has 0 aliphatic carbocycles. The maximum absolute atomic E-state index is 11.7.